The molecule has 0 atom stereocenters. The molecule has 200 valence electrons. The van der Waals surface area contributed by atoms with Gasteiger partial charge < -0.3 is 4.74 Å². The van der Waals surface area contributed by atoms with Gasteiger partial charge in [-0.1, -0.05) is 103 Å². The van der Waals surface area contributed by atoms with Crippen LogP contribution in [0.5, 0.6) is 5.75 Å². The maximum atomic E-state index is 14.7. The molecule has 1 nitrogen and oxygen atoms in total. The van der Waals surface area contributed by atoms with Gasteiger partial charge in [0.15, 0.2) is 17.4 Å². The average molecular weight is 499 g/mol. The quantitative estimate of drug-likeness (QED) is 0.222. The molecule has 0 bridgehead atoms. The van der Waals surface area contributed by atoms with Crippen LogP contribution in [-0.2, 0) is 5.41 Å². The molecule has 36 heavy (non-hydrogen) atoms. The highest BCUT2D eigenvalue weighted by molar-refractivity contribution is 5.65. The van der Waals surface area contributed by atoms with E-state index in [-0.39, 0.29) is 11.2 Å². The van der Waals surface area contributed by atoms with E-state index in [9.17, 15) is 8.78 Å². The van der Waals surface area contributed by atoms with Crippen molar-refractivity contribution >= 4 is 0 Å². The summed E-state index contributed by atoms with van der Waals surface area (Å²) in [6.07, 6.45) is 18.3. The van der Waals surface area contributed by atoms with Crippen LogP contribution < -0.4 is 4.74 Å². The lowest BCUT2D eigenvalue weighted by molar-refractivity contribution is 0.206. The molecule has 1 saturated carbocycles. The Labute approximate surface area is 219 Å². The van der Waals surface area contributed by atoms with Crippen molar-refractivity contribution in [2.75, 3.05) is 6.61 Å². The summed E-state index contributed by atoms with van der Waals surface area (Å²) in [6, 6.07) is 11.3. The van der Waals surface area contributed by atoms with Gasteiger partial charge in [-0.25, -0.2) is 8.78 Å². The molecule has 2 aromatic carbocycles. The van der Waals surface area contributed by atoms with Gasteiger partial charge in [-0.3, -0.25) is 0 Å². The number of halogens is 2. The van der Waals surface area contributed by atoms with Gasteiger partial charge in [0.25, 0.3) is 0 Å². The molecule has 0 aliphatic heterocycles. The zero-order chi connectivity index (χ0) is 25.8. The Hall–Kier alpha value is -1.90. The zero-order valence-electron chi connectivity index (χ0n) is 23.0. The van der Waals surface area contributed by atoms with E-state index >= 15 is 0 Å². The minimum absolute atomic E-state index is 0.247. The normalized spacial score (nSPS) is 20.0. The van der Waals surface area contributed by atoms with Crippen LogP contribution in [-0.4, -0.2) is 6.61 Å². The smallest absolute Gasteiger partial charge is 0.190 e. The van der Waals surface area contributed by atoms with Crippen molar-refractivity contribution < 1.29 is 13.5 Å². The Morgan fingerprint density at radius 2 is 1.36 bits per heavy atom. The van der Waals surface area contributed by atoms with Gasteiger partial charge in [-0.15, -0.1) is 0 Å². The number of unbranched alkanes of at least 4 members (excludes halogenated alkanes) is 6. The van der Waals surface area contributed by atoms with Crippen LogP contribution in [0.4, 0.5) is 8.78 Å². The Balaban J connectivity index is 1.65. The van der Waals surface area contributed by atoms with Crippen LogP contribution in [0, 0.1) is 17.6 Å². The fourth-order valence-corrected chi connectivity index (χ4v) is 6.12. The van der Waals surface area contributed by atoms with Crippen LogP contribution in [0.3, 0.4) is 0 Å². The first-order valence-electron chi connectivity index (χ1n) is 14.8. The van der Waals surface area contributed by atoms with Gasteiger partial charge in [-0.05, 0) is 78.7 Å². The summed E-state index contributed by atoms with van der Waals surface area (Å²) in [6.45, 7) is 7.08. The molecule has 0 radical (unpaired) electrons. The number of hydrogen-bond acceptors (Lipinski definition) is 1. The predicted octanol–water partition coefficient (Wildman–Crippen LogP) is 10.8. The third kappa shape index (κ3) is 7.80. The van der Waals surface area contributed by atoms with Gasteiger partial charge in [0.05, 0.1) is 6.61 Å². The molecule has 0 N–H and O–H groups in total. The summed E-state index contributed by atoms with van der Waals surface area (Å²) in [5.41, 5.74) is 3.06. The maximum Gasteiger partial charge on any atom is 0.190 e. The minimum Gasteiger partial charge on any atom is -0.488 e. The molecule has 0 amide bonds. The van der Waals surface area contributed by atoms with E-state index in [2.05, 4.69) is 32.9 Å². The van der Waals surface area contributed by atoms with Gasteiger partial charge >= 0.3 is 0 Å². The molecule has 0 unspecified atom stereocenters. The third-order valence-electron chi connectivity index (χ3n) is 8.33. The molecule has 0 saturated heterocycles. The highest BCUT2D eigenvalue weighted by Gasteiger charge is 2.35. The van der Waals surface area contributed by atoms with E-state index in [0.717, 1.165) is 30.7 Å². The Bertz CT molecular complexity index is 873. The van der Waals surface area contributed by atoms with Crippen molar-refractivity contribution in [1.82, 2.24) is 0 Å². The van der Waals surface area contributed by atoms with Gasteiger partial charge in [-0.2, -0.15) is 0 Å². The lowest BCUT2D eigenvalue weighted by Gasteiger charge is -2.41. The predicted molar refractivity (Wildman–Crippen MR) is 149 cm³/mol. The zero-order valence-corrected chi connectivity index (χ0v) is 23.0. The molecule has 1 fully saturated rings. The third-order valence-corrected chi connectivity index (χ3v) is 8.33. The van der Waals surface area contributed by atoms with Gasteiger partial charge in [0, 0.05) is 0 Å². The van der Waals surface area contributed by atoms with E-state index in [1.165, 1.54) is 94.7 Å². The second kappa shape index (κ2) is 14.7. The summed E-state index contributed by atoms with van der Waals surface area (Å²) in [5.74, 6) is -0.606. The van der Waals surface area contributed by atoms with Crippen LogP contribution in [0.1, 0.15) is 123 Å². The Morgan fingerprint density at radius 3 is 1.97 bits per heavy atom. The highest BCUT2D eigenvalue weighted by atomic mass is 19.1. The lowest BCUT2D eigenvalue weighted by Crippen LogP contribution is -2.31. The summed E-state index contributed by atoms with van der Waals surface area (Å²) in [5, 5.41) is 0. The van der Waals surface area contributed by atoms with Crippen molar-refractivity contribution in [3.8, 4) is 16.9 Å². The first-order chi connectivity index (χ1) is 17.5. The summed E-state index contributed by atoms with van der Waals surface area (Å²) in [7, 11) is 0. The number of rotatable bonds is 15. The van der Waals surface area contributed by atoms with E-state index in [1.54, 1.807) is 0 Å². The second-order valence-corrected chi connectivity index (χ2v) is 11.1. The van der Waals surface area contributed by atoms with E-state index in [0.29, 0.717) is 12.2 Å². The van der Waals surface area contributed by atoms with E-state index in [4.69, 9.17) is 4.74 Å². The van der Waals surface area contributed by atoms with Crippen molar-refractivity contribution in [1.29, 1.82) is 0 Å². The van der Waals surface area contributed by atoms with Crippen molar-refractivity contribution in [3.63, 3.8) is 0 Å². The molecule has 3 heteroatoms. The summed E-state index contributed by atoms with van der Waals surface area (Å²) >= 11 is 0. The number of benzene rings is 2. The maximum absolute atomic E-state index is 14.7. The molecule has 0 spiro atoms. The standard InChI is InChI=1S/C33H48F2O/c1-4-7-9-10-12-23-36-32-30(34)24-28(25-31(32)35)27-14-16-29(17-15-27)33(20-6-3)21-18-26(19-22-33)13-11-8-5-2/h14-17,24-26H,4-13,18-23H2,1-3H3. The van der Waals surface area contributed by atoms with Crippen molar-refractivity contribution in [2.24, 2.45) is 5.92 Å². The molecule has 0 heterocycles. The van der Waals surface area contributed by atoms with Gasteiger partial charge in [0.1, 0.15) is 0 Å². The second-order valence-electron chi connectivity index (χ2n) is 11.1. The molecule has 2 aromatic rings. The molecule has 1 aliphatic carbocycles. The van der Waals surface area contributed by atoms with E-state index < -0.39 is 11.6 Å². The average Bonchev–Trinajstić information content (AvgIpc) is 2.89. The van der Waals surface area contributed by atoms with Crippen LogP contribution in [0.25, 0.3) is 11.1 Å². The fourth-order valence-electron chi connectivity index (χ4n) is 6.12. The Morgan fingerprint density at radius 1 is 0.750 bits per heavy atom. The molecule has 1 aliphatic rings. The topological polar surface area (TPSA) is 9.23 Å². The minimum atomic E-state index is -0.619. The SMILES string of the molecule is CCCCCCCOc1c(F)cc(-c2ccc(C3(CCC)CCC(CCCCC)CC3)cc2)cc1F. The van der Waals surface area contributed by atoms with Crippen molar-refractivity contribution in [2.45, 2.75) is 122 Å². The highest BCUT2D eigenvalue weighted by Crippen LogP contribution is 2.46. The fraction of sp³-hybridized carbons (Fsp3) is 0.636. The van der Waals surface area contributed by atoms with Crippen LogP contribution in [0.15, 0.2) is 36.4 Å². The monoisotopic (exact) mass is 498 g/mol. The largest absolute Gasteiger partial charge is 0.488 e. The van der Waals surface area contributed by atoms with Crippen molar-refractivity contribution in [3.05, 3.63) is 53.6 Å². The van der Waals surface area contributed by atoms with Crippen LogP contribution in [0.2, 0.25) is 0 Å². The molecular weight excluding hydrogens is 450 g/mol. The number of hydrogen-bond donors (Lipinski definition) is 0. The van der Waals surface area contributed by atoms with E-state index in [1.807, 2.05) is 12.1 Å². The summed E-state index contributed by atoms with van der Waals surface area (Å²) < 4.78 is 34.9. The summed E-state index contributed by atoms with van der Waals surface area (Å²) in [4.78, 5) is 0. The van der Waals surface area contributed by atoms with Crippen LogP contribution >= 0.6 is 0 Å². The Kier molecular flexibility index (Phi) is 11.7. The first kappa shape index (κ1) is 28.7. The molecule has 3 rings (SSSR count). The molecule has 0 aromatic heterocycles. The first-order valence-corrected chi connectivity index (χ1v) is 14.8. The number of ether oxygens (including phenoxy) is 1. The lowest BCUT2D eigenvalue weighted by atomic mass is 9.64. The van der Waals surface area contributed by atoms with Gasteiger partial charge in [0.2, 0.25) is 0 Å². The molecular formula is C33H48F2O.